The number of hydrogen-bond acceptors (Lipinski definition) is 3. The molecule has 0 bridgehead atoms. The Labute approximate surface area is 112 Å². The lowest BCUT2D eigenvalue weighted by atomic mass is 10.1. The maximum atomic E-state index is 12.1. The highest BCUT2D eigenvalue weighted by molar-refractivity contribution is 5.99. The minimum atomic E-state index is -0.186. The molecule has 1 aromatic rings. The molecule has 0 aromatic heterocycles. The van der Waals surface area contributed by atoms with Crippen LogP contribution in [0.3, 0.4) is 0 Å². The third kappa shape index (κ3) is 3.54. The van der Waals surface area contributed by atoms with E-state index in [1.807, 2.05) is 0 Å². The van der Waals surface area contributed by atoms with Crippen LogP contribution in [0.2, 0.25) is 0 Å². The van der Waals surface area contributed by atoms with Crippen LogP contribution in [0.4, 0.5) is 0 Å². The smallest absolute Gasteiger partial charge is 0.251 e. The van der Waals surface area contributed by atoms with Crippen molar-refractivity contribution in [1.29, 1.82) is 0 Å². The predicted octanol–water partition coefficient (Wildman–Crippen LogP) is 0.528. The van der Waals surface area contributed by atoms with Gasteiger partial charge >= 0.3 is 0 Å². The van der Waals surface area contributed by atoms with Gasteiger partial charge < -0.3 is 16.0 Å². The van der Waals surface area contributed by atoms with E-state index in [2.05, 4.69) is 16.0 Å². The number of rotatable bonds is 3. The summed E-state index contributed by atoms with van der Waals surface area (Å²) >= 11 is 0. The highest BCUT2D eigenvalue weighted by atomic mass is 16.2. The van der Waals surface area contributed by atoms with Gasteiger partial charge in [0.15, 0.2) is 0 Å². The Morgan fingerprint density at radius 3 is 2.63 bits per heavy atom. The van der Waals surface area contributed by atoms with E-state index in [9.17, 15) is 9.59 Å². The number of hydrogen-bond donors (Lipinski definition) is 3. The molecule has 0 radical (unpaired) electrons. The largest absolute Gasteiger partial charge is 0.355 e. The molecule has 0 unspecified atom stereocenters. The summed E-state index contributed by atoms with van der Waals surface area (Å²) in [6.45, 7) is 1.82. The SMILES string of the molecule is CNC(=O)c1cccc(C(=O)N[C@H]2CCCNC2)c1. The van der Waals surface area contributed by atoms with Crippen molar-refractivity contribution in [3.05, 3.63) is 35.4 Å². The molecule has 102 valence electrons. The van der Waals surface area contributed by atoms with Crippen molar-refractivity contribution >= 4 is 11.8 Å². The van der Waals surface area contributed by atoms with Gasteiger partial charge in [0.05, 0.1) is 0 Å². The lowest BCUT2D eigenvalue weighted by molar-refractivity contribution is 0.0930. The predicted molar refractivity (Wildman–Crippen MR) is 73.2 cm³/mol. The van der Waals surface area contributed by atoms with E-state index < -0.39 is 0 Å². The fraction of sp³-hybridized carbons (Fsp3) is 0.429. The molecule has 1 aliphatic heterocycles. The van der Waals surface area contributed by atoms with Crippen LogP contribution in [0.1, 0.15) is 33.6 Å². The fourth-order valence-corrected chi connectivity index (χ4v) is 2.19. The summed E-state index contributed by atoms with van der Waals surface area (Å²) in [5.74, 6) is -0.312. The number of carbonyl (C=O) groups excluding carboxylic acids is 2. The van der Waals surface area contributed by atoms with Gasteiger partial charge in [-0.2, -0.15) is 0 Å². The van der Waals surface area contributed by atoms with Gasteiger partial charge in [0, 0.05) is 30.8 Å². The van der Waals surface area contributed by atoms with E-state index in [1.54, 1.807) is 31.3 Å². The Kier molecular flexibility index (Phi) is 4.52. The molecule has 0 spiro atoms. The molecule has 1 heterocycles. The average Bonchev–Trinajstić information content (AvgIpc) is 2.47. The van der Waals surface area contributed by atoms with Crippen LogP contribution in [0.25, 0.3) is 0 Å². The van der Waals surface area contributed by atoms with Crippen LogP contribution in [0, 0.1) is 0 Å². The Hall–Kier alpha value is -1.88. The van der Waals surface area contributed by atoms with Crippen molar-refractivity contribution in [3.63, 3.8) is 0 Å². The molecular weight excluding hydrogens is 242 g/mol. The van der Waals surface area contributed by atoms with Crippen molar-refractivity contribution < 1.29 is 9.59 Å². The average molecular weight is 261 g/mol. The second-order valence-electron chi connectivity index (χ2n) is 4.68. The lowest BCUT2D eigenvalue weighted by Crippen LogP contribution is -2.45. The summed E-state index contributed by atoms with van der Waals surface area (Å²) in [5.41, 5.74) is 1.02. The Bertz CT molecular complexity index is 468. The number of amides is 2. The first-order chi connectivity index (χ1) is 9.20. The molecule has 1 saturated heterocycles. The molecule has 3 N–H and O–H groups in total. The zero-order chi connectivity index (χ0) is 13.7. The van der Waals surface area contributed by atoms with Gasteiger partial charge in [0.2, 0.25) is 0 Å². The number of piperidine rings is 1. The van der Waals surface area contributed by atoms with E-state index in [0.717, 1.165) is 25.9 Å². The highest BCUT2D eigenvalue weighted by Gasteiger charge is 2.16. The normalized spacial score (nSPS) is 18.7. The number of nitrogens with one attached hydrogen (secondary N) is 3. The van der Waals surface area contributed by atoms with E-state index in [0.29, 0.717) is 11.1 Å². The van der Waals surface area contributed by atoms with Crippen LogP contribution in [-0.2, 0) is 0 Å². The first kappa shape index (κ1) is 13.5. The van der Waals surface area contributed by atoms with Gasteiger partial charge in [-0.3, -0.25) is 9.59 Å². The highest BCUT2D eigenvalue weighted by Crippen LogP contribution is 2.07. The number of carbonyl (C=O) groups is 2. The van der Waals surface area contributed by atoms with Crippen molar-refractivity contribution in [1.82, 2.24) is 16.0 Å². The molecule has 0 saturated carbocycles. The molecular formula is C14H19N3O2. The first-order valence-corrected chi connectivity index (χ1v) is 6.54. The van der Waals surface area contributed by atoms with Gasteiger partial charge in [-0.15, -0.1) is 0 Å². The maximum absolute atomic E-state index is 12.1. The standard InChI is InChI=1S/C14H19N3O2/c1-15-13(18)10-4-2-5-11(8-10)14(19)17-12-6-3-7-16-9-12/h2,4-5,8,12,16H,3,6-7,9H2,1H3,(H,15,18)(H,17,19)/t12-/m0/s1. The van der Waals surface area contributed by atoms with E-state index in [-0.39, 0.29) is 17.9 Å². The van der Waals surface area contributed by atoms with Crippen molar-refractivity contribution in [2.75, 3.05) is 20.1 Å². The summed E-state index contributed by atoms with van der Waals surface area (Å²) in [5, 5.41) is 8.79. The maximum Gasteiger partial charge on any atom is 0.251 e. The molecule has 1 atom stereocenters. The molecule has 1 fully saturated rings. The van der Waals surface area contributed by atoms with Crippen molar-refractivity contribution in [3.8, 4) is 0 Å². The van der Waals surface area contributed by atoms with Gasteiger partial charge in [0.1, 0.15) is 0 Å². The summed E-state index contributed by atoms with van der Waals surface area (Å²) in [4.78, 5) is 23.6. The minimum absolute atomic E-state index is 0.126. The molecule has 5 heteroatoms. The zero-order valence-corrected chi connectivity index (χ0v) is 11.0. The molecule has 0 aliphatic carbocycles. The Balaban J connectivity index is 2.04. The second kappa shape index (κ2) is 6.33. The minimum Gasteiger partial charge on any atom is -0.355 e. The van der Waals surface area contributed by atoms with E-state index in [1.165, 1.54) is 0 Å². The van der Waals surface area contributed by atoms with Gasteiger partial charge in [-0.1, -0.05) is 6.07 Å². The third-order valence-electron chi connectivity index (χ3n) is 3.25. The van der Waals surface area contributed by atoms with Crippen LogP contribution < -0.4 is 16.0 Å². The zero-order valence-electron chi connectivity index (χ0n) is 11.0. The summed E-state index contributed by atoms with van der Waals surface area (Å²) < 4.78 is 0. The topological polar surface area (TPSA) is 70.2 Å². The van der Waals surface area contributed by atoms with Gasteiger partial charge in [-0.05, 0) is 37.6 Å². The van der Waals surface area contributed by atoms with Crippen LogP contribution in [0.5, 0.6) is 0 Å². The van der Waals surface area contributed by atoms with Crippen LogP contribution in [-0.4, -0.2) is 38.0 Å². The van der Waals surface area contributed by atoms with Crippen molar-refractivity contribution in [2.24, 2.45) is 0 Å². The third-order valence-corrected chi connectivity index (χ3v) is 3.25. The Morgan fingerprint density at radius 2 is 2.00 bits per heavy atom. The van der Waals surface area contributed by atoms with Crippen molar-refractivity contribution in [2.45, 2.75) is 18.9 Å². The van der Waals surface area contributed by atoms with Gasteiger partial charge in [0.25, 0.3) is 11.8 Å². The van der Waals surface area contributed by atoms with Gasteiger partial charge in [-0.25, -0.2) is 0 Å². The van der Waals surface area contributed by atoms with E-state index in [4.69, 9.17) is 0 Å². The second-order valence-corrected chi connectivity index (χ2v) is 4.68. The van der Waals surface area contributed by atoms with Crippen LogP contribution in [0.15, 0.2) is 24.3 Å². The summed E-state index contributed by atoms with van der Waals surface area (Å²) in [6, 6.07) is 6.92. The number of benzene rings is 1. The molecule has 19 heavy (non-hydrogen) atoms. The summed E-state index contributed by atoms with van der Waals surface area (Å²) in [6.07, 6.45) is 2.07. The first-order valence-electron chi connectivity index (χ1n) is 6.54. The molecule has 5 nitrogen and oxygen atoms in total. The summed E-state index contributed by atoms with van der Waals surface area (Å²) in [7, 11) is 1.57. The molecule has 2 rings (SSSR count). The lowest BCUT2D eigenvalue weighted by Gasteiger charge is -2.23. The molecule has 2 amide bonds. The fourth-order valence-electron chi connectivity index (χ4n) is 2.19. The Morgan fingerprint density at radius 1 is 1.26 bits per heavy atom. The van der Waals surface area contributed by atoms with E-state index >= 15 is 0 Å². The quantitative estimate of drug-likeness (QED) is 0.743. The molecule has 1 aromatic carbocycles. The van der Waals surface area contributed by atoms with Crippen LogP contribution >= 0.6 is 0 Å². The monoisotopic (exact) mass is 261 g/mol. The molecule has 1 aliphatic rings.